The maximum atomic E-state index is 12.4. The molecular formula is C15H17N3O3. The van der Waals surface area contributed by atoms with Gasteiger partial charge >= 0.3 is 0 Å². The zero-order chi connectivity index (χ0) is 15.0. The molecule has 1 fully saturated rings. The number of nitrogens with one attached hydrogen (secondary N) is 1. The van der Waals surface area contributed by atoms with Gasteiger partial charge in [-0.1, -0.05) is 12.1 Å². The second kappa shape index (κ2) is 5.29. The zero-order valence-corrected chi connectivity index (χ0v) is 11.6. The van der Waals surface area contributed by atoms with Gasteiger partial charge in [-0.3, -0.25) is 19.7 Å². The monoisotopic (exact) mass is 287 g/mol. The van der Waals surface area contributed by atoms with Crippen molar-refractivity contribution in [2.75, 3.05) is 6.54 Å². The summed E-state index contributed by atoms with van der Waals surface area (Å²) in [6, 6.07) is 5.12. The molecule has 3 rings (SSSR count). The van der Waals surface area contributed by atoms with E-state index in [9.17, 15) is 14.4 Å². The van der Waals surface area contributed by atoms with Gasteiger partial charge in [0.25, 0.3) is 5.91 Å². The number of amides is 3. The van der Waals surface area contributed by atoms with E-state index in [0.29, 0.717) is 25.1 Å². The summed E-state index contributed by atoms with van der Waals surface area (Å²) in [6.45, 7) is 0.975. The Hall–Kier alpha value is -2.21. The van der Waals surface area contributed by atoms with E-state index in [1.54, 1.807) is 11.0 Å². The second-order valence-electron chi connectivity index (χ2n) is 5.43. The maximum absolute atomic E-state index is 12.4. The molecule has 110 valence electrons. The van der Waals surface area contributed by atoms with Crippen LogP contribution in [0.2, 0.25) is 0 Å². The molecule has 2 aliphatic heterocycles. The second-order valence-corrected chi connectivity index (χ2v) is 5.43. The standard InChI is InChI=1S/C15H17N3O3/c16-6-5-9-1-2-11-10(7-9)8-18(15(11)21)12-3-4-13(19)17-14(12)20/h1-2,7,12H,3-6,8,16H2,(H,17,19,20). The number of carbonyl (C=O) groups excluding carboxylic acids is 3. The largest absolute Gasteiger partial charge is 0.330 e. The van der Waals surface area contributed by atoms with Crippen molar-refractivity contribution in [1.29, 1.82) is 0 Å². The van der Waals surface area contributed by atoms with Gasteiger partial charge in [0, 0.05) is 18.5 Å². The van der Waals surface area contributed by atoms with Crippen LogP contribution in [0.25, 0.3) is 0 Å². The van der Waals surface area contributed by atoms with Crippen LogP contribution in [0.15, 0.2) is 18.2 Å². The molecular weight excluding hydrogens is 270 g/mol. The Kier molecular flexibility index (Phi) is 3.47. The van der Waals surface area contributed by atoms with Gasteiger partial charge in [-0.2, -0.15) is 0 Å². The molecule has 1 aromatic carbocycles. The molecule has 21 heavy (non-hydrogen) atoms. The van der Waals surface area contributed by atoms with Gasteiger partial charge in [-0.25, -0.2) is 0 Å². The Morgan fingerprint density at radius 2 is 2.10 bits per heavy atom. The first kappa shape index (κ1) is 13.8. The number of nitrogens with zero attached hydrogens (tertiary/aromatic N) is 1. The summed E-state index contributed by atoms with van der Waals surface area (Å²) in [7, 11) is 0. The smallest absolute Gasteiger partial charge is 0.255 e. The minimum Gasteiger partial charge on any atom is -0.330 e. The van der Waals surface area contributed by atoms with Gasteiger partial charge in [-0.05, 0) is 36.6 Å². The number of rotatable bonds is 3. The van der Waals surface area contributed by atoms with Crippen LogP contribution in [0, 0.1) is 0 Å². The Bertz CT molecular complexity index is 627. The highest BCUT2D eigenvalue weighted by Crippen LogP contribution is 2.28. The number of piperidine rings is 1. The molecule has 0 radical (unpaired) electrons. The van der Waals surface area contributed by atoms with Gasteiger partial charge in [-0.15, -0.1) is 0 Å². The first-order valence-electron chi connectivity index (χ1n) is 7.06. The third-order valence-corrected chi connectivity index (χ3v) is 4.02. The van der Waals surface area contributed by atoms with Crippen LogP contribution < -0.4 is 11.1 Å². The van der Waals surface area contributed by atoms with Gasteiger partial charge in [0.15, 0.2) is 0 Å². The van der Waals surface area contributed by atoms with E-state index in [1.165, 1.54) is 0 Å². The maximum Gasteiger partial charge on any atom is 0.255 e. The summed E-state index contributed by atoms with van der Waals surface area (Å²) < 4.78 is 0. The van der Waals surface area contributed by atoms with Crippen molar-refractivity contribution in [2.45, 2.75) is 31.8 Å². The number of benzene rings is 1. The van der Waals surface area contributed by atoms with Crippen LogP contribution in [0.1, 0.15) is 34.3 Å². The fourth-order valence-electron chi connectivity index (χ4n) is 2.95. The van der Waals surface area contributed by atoms with Crippen molar-refractivity contribution >= 4 is 17.7 Å². The number of hydrogen-bond acceptors (Lipinski definition) is 4. The third-order valence-electron chi connectivity index (χ3n) is 4.02. The van der Waals surface area contributed by atoms with Crippen molar-refractivity contribution in [3.05, 3.63) is 34.9 Å². The Morgan fingerprint density at radius 1 is 1.29 bits per heavy atom. The normalized spacial score (nSPS) is 21.5. The van der Waals surface area contributed by atoms with Crippen molar-refractivity contribution < 1.29 is 14.4 Å². The van der Waals surface area contributed by atoms with Crippen LogP contribution >= 0.6 is 0 Å². The summed E-state index contributed by atoms with van der Waals surface area (Å²) in [4.78, 5) is 37.1. The first-order valence-corrected chi connectivity index (χ1v) is 7.06. The molecule has 1 aromatic rings. The van der Waals surface area contributed by atoms with E-state index in [2.05, 4.69) is 5.32 Å². The van der Waals surface area contributed by atoms with E-state index >= 15 is 0 Å². The molecule has 0 aliphatic carbocycles. The minimum atomic E-state index is -0.555. The number of carbonyl (C=O) groups is 3. The summed E-state index contributed by atoms with van der Waals surface area (Å²) in [5.74, 6) is -0.793. The van der Waals surface area contributed by atoms with E-state index in [4.69, 9.17) is 5.73 Å². The highest BCUT2D eigenvalue weighted by Gasteiger charge is 2.38. The molecule has 0 bridgehead atoms. The summed E-state index contributed by atoms with van der Waals surface area (Å²) in [5, 5.41) is 2.30. The topological polar surface area (TPSA) is 92.5 Å². The fourth-order valence-corrected chi connectivity index (χ4v) is 2.95. The molecule has 3 N–H and O–H groups in total. The fraction of sp³-hybridized carbons (Fsp3) is 0.400. The van der Waals surface area contributed by atoms with E-state index < -0.39 is 6.04 Å². The molecule has 1 atom stereocenters. The van der Waals surface area contributed by atoms with E-state index in [0.717, 1.165) is 17.5 Å². The van der Waals surface area contributed by atoms with Crippen molar-refractivity contribution in [1.82, 2.24) is 10.2 Å². The van der Waals surface area contributed by atoms with Gasteiger partial charge in [0.2, 0.25) is 11.8 Å². The first-order chi connectivity index (χ1) is 10.1. The lowest BCUT2D eigenvalue weighted by Gasteiger charge is -2.29. The SMILES string of the molecule is NCCc1ccc2c(c1)CN(C1CCC(=O)NC1=O)C2=O. The van der Waals surface area contributed by atoms with Crippen LogP contribution in [0.3, 0.4) is 0 Å². The average molecular weight is 287 g/mol. The molecule has 1 unspecified atom stereocenters. The molecule has 6 nitrogen and oxygen atoms in total. The van der Waals surface area contributed by atoms with Crippen molar-refractivity contribution in [3.63, 3.8) is 0 Å². The van der Waals surface area contributed by atoms with E-state index in [1.807, 2.05) is 12.1 Å². The van der Waals surface area contributed by atoms with Gasteiger partial charge in [0.05, 0.1) is 0 Å². The lowest BCUT2D eigenvalue weighted by atomic mass is 10.0. The van der Waals surface area contributed by atoms with Crippen molar-refractivity contribution in [2.24, 2.45) is 5.73 Å². The average Bonchev–Trinajstić information content (AvgIpc) is 2.76. The molecule has 0 aromatic heterocycles. The van der Waals surface area contributed by atoms with Crippen LogP contribution in [-0.2, 0) is 22.6 Å². The predicted molar refractivity (Wildman–Crippen MR) is 75.2 cm³/mol. The predicted octanol–water partition coefficient (Wildman–Crippen LogP) is -0.0512. The Morgan fingerprint density at radius 3 is 2.81 bits per heavy atom. The third kappa shape index (κ3) is 2.42. The van der Waals surface area contributed by atoms with Gasteiger partial charge < -0.3 is 10.6 Å². The minimum absolute atomic E-state index is 0.140. The number of imide groups is 1. The molecule has 2 heterocycles. The lowest BCUT2D eigenvalue weighted by Crippen LogP contribution is -2.52. The quantitative estimate of drug-likeness (QED) is 0.762. The van der Waals surface area contributed by atoms with Gasteiger partial charge in [0.1, 0.15) is 6.04 Å². The van der Waals surface area contributed by atoms with Crippen LogP contribution in [-0.4, -0.2) is 35.2 Å². The molecule has 0 saturated carbocycles. The highest BCUT2D eigenvalue weighted by molar-refractivity contribution is 6.05. The molecule has 0 spiro atoms. The number of fused-ring (bicyclic) bond motifs is 1. The molecule has 1 saturated heterocycles. The summed E-state index contributed by atoms with van der Waals surface area (Å²) >= 11 is 0. The van der Waals surface area contributed by atoms with E-state index in [-0.39, 0.29) is 24.1 Å². The van der Waals surface area contributed by atoms with Crippen LogP contribution in [0.5, 0.6) is 0 Å². The molecule has 3 amide bonds. The summed E-state index contributed by atoms with van der Waals surface area (Å²) in [5.41, 5.74) is 8.20. The Balaban J connectivity index is 1.83. The highest BCUT2D eigenvalue weighted by atomic mass is 16.2. The molecule has 2 aliphatic rings. The molecule has 6 heteroatoms. The zero-order valence-electron chi connectivity index (χ0n) is 11.6. The summed E-state index contributed by atoms with van der Waals surface area (Å²) in [6.07, 6.45) is 1.43. The Labute approximate surface area is 122 Å². The van der Waals surface area contributed by atoms with Crippen molar-refractivity contribution in [3.8, 4) is 0 Å². The lowest BCUT2D eigenvalue weighted by molar-refractivity contribution is -0.136. The van der Waals surface area contributed by atoms with Crippen LogP contribution in [0.4, 0.5) is 0 Å². The number of hydrogen-bond donors (Lipinski definition) is 2. The number of nitrogens with two attached hydrogens (primary N) is 1.